The van der Waals surface area contributed by atoms with E-state index in [1.807, 2.05) is 38.1 Å². The van der Waals surface area contributed by atoms with Crippen LogP contribution in [-0.4, -0.2) is 27.4 Å². The Morgan fingerprint density at radius 1 is 1.38 bits per heavy atom. The van der Waals surface area contributed by atoms with Gasteiger partial charge in [0.1, 0.15) is 6.04 Å². The molecule has 3 N–H and O–H groups in total. The number of aliphatic hydroxyl groups is 1. The summed E-state index contributed by atoms with van der Waals surface area (Å²) in [5.74, 6) is 0.986. The molecule has 7 heteroatoms. The Hall–Kier alpha value is -2.41. The number of fused-ring (bicyclic) bond motifs is 1. The molecule has 0 aliphatic heterocycles. The van der Waals surface area contributed by atoms with Crippen molar-refractivity contribution < 1.29 is 14.4 Å². The average Bonchev–Trinajstić information content (AvgIpc) is 3.09. The molecule has 128 valence electrons. The molecule has 3 rings (SSSR count). The first-order chi connectivity index (χ1) is 11.5. The van der Waals surface area contributed by atoms with Crippen LogP contribution in [-0.2, 0) is 6.42 Å². The number of aromatic nitrogens is 2. The maximum Gasteiger partial charge on any atom is 0.316 e. The Morgan fingerprint density at radius 2 is 2.12 bits per heavy atom. The van der Waals surface area contributed by atoms with Crippen LogP contribution in [0.1, 0.15) is 48.8 Å². The summed E-state index contributed by atoms with van der Waals surface area (Å²) >= 11 is 0. The summed E-state index contributed by atoms with van der Waals surface area (Å²) in [6.07, 6.45) is -0.0892. The number of aliphatic hydroxyl groups excluding tert-OH is 1. The molecule has 0 bridgehead atoms. The molecule has 2 aromatic rings. The van der Waals surface area contributed by atoms with Crippen LogP contribution in [0.4, 0.5) is 4.79 Å². The highest BCUT2D eigenvalue weighted by molar-refractivity contribution is 5.75. The molecule has 3 unspecified atom stereocenters. The van der Waals surface area contributed by atoms with Gasteiger partial charge >= 0.3 is 6.03 Å². The number of carbonyl (C=O) groups is 1. The molecular formula is C17H22N4O3. The summed E-state index contributed by atoms with van der Waals surface area (Å²) in [6, 6.07) is 6.56. The number of benzene rings is 1. The van der Waals surface area contributed by atoms with E-state index < -0.39 is 12.1 Å². The van der Waals surface area contributed by atoms with Gasteiger partial charge in [-0.1, -0.05) is 43.3 Å². The van der Waals surface area contributed by atoms with Gasteiger partial charge in [-0.15, -0.1) is 0 Å². The number of urea groups is 1. The van der Waals surface area contributed by atoms with E-state index in [0.29, 0.717) is 18.1 Å². The molecule has 2 amide bonds. The minimum absolute atomic E-state index is 0.0800. The van der Waals surface area contributed by atoms with Crippen LogP contribution in [0, 0.1) is 12.8 Å². The molecule has 3 atom stereocenters. The van der Waals surface area contributed by atoms with Gasteiger partial charge in [0.2, 0.25) is 5.89 Å². The van der Waals surface area contributed by atoms with E-state index in [1.165, 1.54) is 0 Å². The summed E-state index contributed by atoms with van der Waals surface area (Å²) in [7, 11) is 0. The van der Waals surface area contributed by atoms with Crippen molar-refractivity contribution in [3.8, 4) is 0 Å². The summed E-state index contributed by atoms with van der Waals surface area (Å²) in [6.45, 7) is 5.66. The maximum atomic E-state index is 12.4. The highest BCUT2D eigenvalue weighted by Crippen LogP contribution is 2.31. The number of aryl methyl sites for hydroxylation is 1. The molecule has 24 heavy (non-hydrogen) atoms. The average molecular weight is 330 g/mol. The Labute approximate surface area is 140 Å². The topological polar surface area (TPSA) is 100 Å². The fourth-order valence-electron chi connectivity index (χ4n) is 3.03. The van der Waals surface area contributed by atoms with E-state index in [1.54, 1.807) is 6.92 Å². The predicted molar refractivity (Wildman–Crippen MR) is 87.2 cm³/mol. The van der Waals surface area contributed by atoms with Crippen molar-refractivity contribution in [1.82, 2.24) is 20.8 Å². The molecule has 0 saturated heterocycles. The molecule has 0 fully saturated rings. The predicted octanol–water partition coefficient (Wildman–Crippen LogP) is 2.03. The summed E-state index contributed by atoms with van der Waals surface area (Å²) in [4.78, 5) is 16.6. The summed E-state index contributed by atoms with van der Waals surface area (Å²) < 4.78 is 5.18. The summed E-state index contributed by atoms with van der Waals surface area (Å²) in [5, 5.41) is 19.7. The number of nitrogens with one attached hydrogen (secondary N) is 2. The van der Waals surface area contributed by atoms with Gasteiger partial charge in [0, 0.05) is 6.42 Å². The van der Waals surface area contributed by atoms with E-state index in [4.69, 9.17) is 4.52 Å². The number of hydrogen-bond acceptors (Lipinski definition) is 5. The highest BCUT2D eigenvalue weighted by atomic mass is 16.5. The molecule has 0 spiro atoms. The smallest absolute Gasteiger partial charge is 0.316 e. The molecule has 0 saturated carbocycles. The molecule has 0 radical (unpaired) electrons. The van der Waals surface area contributed by atoms with E-state index in [2.05, 4.69) is 20.8 Å². The van der Waals surface area contributed by atoms with Crippen molar-refractivity contribution in [3.63, 3.8) is 0 Å². The molecule has 1 aliphatic rings. The van der Waals surface area contributed by atoms with E-state index in [-0.39, 0.29) is 18.0 Å². The Bertz CT molecular complexity index is 728. The van der Waals surface area contributed by atoms with Crippen LogP contribution in [0.25, 0.3) is 0 Å². The third kappa shape index (κ3) is 3.26. The number of amides is 2. The maximum absolute atomic E-state index is 12.4. The number of nitrogens with zero attached hydrogens (tertiary/aromatic N) is 2. The van der Waals surface area contributed by atoms with Gasteiger partial charge in [-0.2, -0.15) is 4.98 Å². The van der Waals surface area contributed by atoms with E-state index in [9.17, 15) is 9.90 Å². The van der Waals surface area contributed by atoms with Crippen LogP contribution in [0.2, 0.25) is 0 Å². The van der Waals surface area contributed by atoms with Gasteiger partial charge in [-0.25, -0.2) is 4.79 Å². The van der Waals surface area contributed by atoms with Gasteiger partial charge in [-0.05, 0) is 24.0 Å². The van der Waals surface area contributed by atoms with Gasteiger partial charge in [0.05, 0.1) is 12.1 Å². The van der Waals surface area contributed by atoms with Crippen molar-refractivity contribution in [2.24, 2.45) is 5.92 Å². The first-order valence-corrected chi connectivity index (χ1v) is 8.09. The van der Waals surface area contributed by atoms with E-state index >= 15 is 0 Å². The first-order valence-electron chi connectivity index (χ1n) is 8.09. The summed E-state index contributed by atoms with van der Waals surface area (Å²) in [5.41, 5.74) is 2.01. The lowest BCUT2D eigenvalue weighted by Crippen LogP contribution is -2.43. The Balaban J connectivity index is 1.70. The lowest BCUT2D eigenvalue weighted by molar-refractivity contribution is 0.141. The number of rotatable bonds is 4. The quantitative estimate of drug-likeness (QED) is 0.796. The monoisotopic (exact) mass is 330 g/mol. The van der Waals surface area contributed by atoms with Gasteiger partial charge in [0.15, 0.2) is 5.82 Å². The van der Waals surface area contributed by atoms with Gasteiger partial charge < -0.3 is 20.3 Å². The minimum atomic E-state index is -0.628. The first kappa shape index (κ1) is 16.4. The molecular weight excluding hydrogens is 308 g/mol. The number of carbonyl (C=O) groups excluding carboxylic acids is 1. The van der Waals surface area contributed by atoms with Crippen LogP contribution in [0.15, 0.2) is 28.8 Å². The largest absolute Gasteiger partial charge is 0.390 e. The zero-order chi connectivity index (χ0) is 17.3. The molecule has 7 nitrogen and oxygen atoms in total. The van der Waals surface area contributed by atoms with Crippen LogP contribution in [0.3, 0.4) is 0 Å². The molecule has 1 aromatic carbocycles. The minimum Gasteiger partial charge on any atom is -0.390 e. The third-order valence-electron chi connectivity index (χ3n) is 4.25. The van der Waals surface area contributed by atoms with Crippen molar-refractivity contribution in [3.05, 3.63) is 47.1 Å². The second-order valence-electron chi connectivity index (χ2n) is 6.47. The molecule has 1 heterocycles. The normalized spacial score (nSPS) is 20.7. The molecule has 1 aliphatic carbocycles. The highest BCUT2D eigenvalue weighted by Gasteiger charge is 2.33. The Kier molecular flexibility index (Phi) is 4.53. The SMILES string of the molecule is Cc1noc(C(NC(=O)NC2c3ccccc3CC2O)C(C)C)n1. The Morgan fingerprint density at radius 3 is 2.79 bits per heavy atom. The molecule has 1 aromatic heterocycles. The van der Waals surface area contributed by atoms with Gasteiger partial charge in [0.25, 0.3) is 0 Å². The van der Waals surface area contributed by atoms with E-state index in [0.717, 1.165) is 11.1 Å². The van der Waals surface area contributed by atoms with Gasteiger partial charge in [-0.3, -0.25) is 0 Å². The zero-order valence-corrected chi connectivity index (χ0v) is 14.0. The van der Waals surface area contributed by atoms with Crippen molar-refractivity contribution in [2.75, 3.05) is 0 Å². The zero-order valence-electron chi connectivity index (χ0n) is 14.0. The standard InChI is InChI=1S/C17H22N4O3/c1-9(2)14(16-18-10(3)21-24-16)19-17(23)20-15-12-7-5-4-6-11(12)8-13(15)22/h4-7,9,13-15,22H,8H2,1-3H3,(H2,19,20,23). The lowest BCUT2D eigenvalue weighted by atomic mass is 10.0. The van der Waals surface area contributed by atoms with Crippen LogP contribution in [0.5, 0.6) is 0 Å². The lowest BCUT2D eigenvalue weighted by Gasteiger charge is -2.22. The number of hydrogen-bond donors (Lipinski definition) is 3. The fourth-order valence-corrected chi connectivity index (χ4v) is 3.03. The van der Waals surface area contributed by atoms with Crippen LogP contribution < -0.4 is 10.6 Å². The fraction of sp³-hybridized carbons (Fsp3) is 0.471. The second-order valence-corrected chi connectivity index (χ2v) is 6.47. The van der Waals surface area contributed by atoms with Crippen LogP contribution >= 0.6 is 0 Å². The second kappa shape index (κ2) is 6.60. The third-order valence-corrected chi connectivity index (χ3v) is 4.25. The van der Waals surface area contributed by atoms with Crippen molar-refractivity contribution in [1.29, 1.82) is 0 Å². The van der Waals surface area contributed by atoms with Crippen molar-refractivity contribution >= 4 is 6.03 Å². The van der Waals surface area contributed by atoms with Crippen molar-refractivity contribution in [2.45, 2.75) is 45.4 Å².